The smallest absolute Gasteiger partial charge is 0.355 e. The lowest BCUT2D eigenvalue weighted by molar-refractivity contribution is -0.142. The molecule has 3 N–H and O–H groups in total. The van der Waals surface area contributed by atoms with Gasteiger partial charge in [-0.05, 0) is 61.2 Å². The van der Waals surface area contributed by atoms with Gasteiger partial charge in [-0.1, -0.05) is 35.9 Å². The molecule has 1 aromatic heterocycles. The third-order valence-electron chi connectivity index (χ3n) is 5.99. The van der Waals surface area contributed by atoms with Crippen molar-refractivity contribution in [3.63, 3.8) is 0 Å². The summed E-state index contributed by atoms with van der Waals surface area (Å²) in [5.41, 5.74) is -0.275. The SMILES string of the molecule is C[C@@H](C(=O)O)[C@H](C)n1c(=O)nc(Nc2ccc3c(O)cccc3c2)n(Cc2ccc(Cl)cc2)c1=O. The van der Waals surface area contributed by atoms with Crippen molar-refractivity contribution in [2.45, 2.75) is 26.4 Å². The number of nitrogens with zero attached hydrogens (tertiary/aromatic N) is 3. The Kier molecular flexibility index (Phi) is 6.61. The summed E-state index contributed by atoms with van der Waals surface area (Å²) in [6.45, 7) is 2.99. The van der Waals surface area contributed by atoms with Crippen molar-refractivity contribution in [3.05, 3.63) is 92.2 Å². The number of aromatic nitrogens is 3. The number of aliphatic carboxylic acids is 1. The highest BCUT2D eigenvalue weighted by Crippen LogP contribution is 2.28. The van der Waals surface area contributed by atoms with Crippen LogP contribution in [0.2, 0.25) is 5.02 Å². The molecule has 9 nitrogen and oxygen atoms in total. The number of fused-ring (bicyclic) bond motifs is 1. The number of rotatable bonds is 7. The summed E-state index contributed by atoms with van der Waals surface area (Å²) < 4.78 is 2.14. The van der Waals surface area contributed by atoms with E-state index in [1.165, 1.54) is 18.4 Å². The highest BCUT2D eigenvalue weighted by Gasteiger charge is 2.26. The van der Waals surface area contributed by atoms with Crippen LogP contribution in [0.15, 0.2) is 70.3 Å². The van der Waals surface area contributed by atoms with Crippen molar-refractivity contribution in [2.24, 2.45) is 5.92 Å². The number of aromatic hydroxyl groups is 1. The molecule has 0 fully saturated rings. The number of carboxylic acid groups (broad SMARTS) is 1. The van der Waals surface area contributed by atoms with Crippen molar-refractivity contribution in [3.8, 4) is 5.75 Å². The molecule has 0 unspecified atom stereocenters. The van der Waals surface area contributed by atoms with Crippen molar-refractivity contribution >= 4 is 40.0 Å². The molecule has 0 saturated heterocycles. The van der Waals surface area contributed by atoms with E-state index in [1.54, 1.807) is 54.6 Å². The molecule has 0 saturated carbocycles. The molecule has 3 aromatic carbocycles. The first-order valence-corrected chi connectivity index (χ1v) is 11.2. The Morgan fingerprint density at radius 2 is 1.80 bits per heavy atom. The number of carbonyl (C=O) groups is 1. The summed E-state index contributed by atoms with van der Waals surface area (Å²) in [7, 11) is 0. The molecule has 0 bridgehead atoms. The number of phenolic OH excluding ortho intramolecular Hbond substituents is 1. The molecule has 0 radical (unpaired) electrons. The number of hydrogen-bond donors (Lipinski definition) is 3. The fraction of sp³-hybridized carbons (Fsp3) is 0.200. The van der Waals surface area contributed by atoms with Gasteiger partial charge in [0.15, 0.2) is 0 Å². The summed E-state index contributed by atoms with van der Waals surface area (Å²) in [5.74, 6) is -1.98. The maximum atomic E-state index is 13.5. The molecule has 0 spiro atoms. The second-order valence-electron chi connectivity index (χ2n) is 8.29. The molecular formula is C25H23ClN4O5. The molecular weight excluding hydrogens is 472 g/mol. The first kappa shape index (κ1) is 24.0. The van der Waals surface area contributed by atoms with Gasteiger partial charge in [-0.15, -0.1) is 0 Å². The van der Waals surface area contributed by atoms with Crippen LogP contribution in [-0.4, -0.2) is 30.3 Å². The summed E-state index contributed by atoms with van der Waals surface area (Å²) in [6, 6.07) is 16.2. The molecule has 1 heterocycles. The van der Waals surface area contributed by atoms with E-state index in [-0.39, 0.29) is 18.2 Å². The zero-order valence-electron chi connectivity index (χ0n) is 19.0. The topological polar surface area (TPSA) is 126 Å². The lowest BCUT2D eigenvalue weighted by atomic mass is 10.0. The van der Waals surface area contributed by atoms with Crippen molar-refractivity contribution in [1.29, 1.82) is 0 Å². The van der Waals surface area contributed by atoms with Crippen LogP contribution in [0.25, 0.3) is 10.8 Å². The van der Waals surface area contributed by atoms with Gasteiger partial charge in [0.1, 0.15) is 5.75 Å². The maximum absolute atomic E-state index is 13.5. The highest BCUT2D eigenvalue weighted by atomic mass is 35.5. The first-order valence-electron chi connectivity index (χ1n) is 10.8. The number of phenols is 1. The largest absolute Gasteiger partial charge is 0.507 e. The fourth-order valence-corrected chi connectivity index (χ4v) is 3.90. The van der Waals surface area contributed by atoms with E-state index >= 15 is 0 Å². The predicted octanol–water partition coefficient (Wildman–Crippen LogP) is 3.99. The van der Waals surface area contributed by atoms with Gasteiger partial charge in [0.2, 0.25) is 5.95 Å². The van der Waals surface area contributed by atoms with E-state index in [4.69, 9.17) is 11.6 Å². The number of halogens is 1. The van der Waals surface area contributed by atoms with Gasteiger partial charge < -0.3 is 15.5 Å². The maximum Gasteiger partial charge on any atom is 0.355 e. The number of anilines is 2. The third kappa shape index (κ3) is 4.90. The second kappa shape index (κ2) is 9.63. The van der Waals surface area contributed by atoms with Gasteiger partial charge in [-0.2, -0.15) is 4.98 Å². The van der Waals surface area contributed by atoms with Crippen LogP contribution in [0.5, 0.6) is 5.75 Å². The van der Waals surface area contributed by atoms with Crippen LogP contribution >= 0.6 is 11.6 Å². The number of carboxylic acids is 1. The molecule has 0 aliphatic rings. The Hall–Kier alpha value is -4.11. The Morgan fingerprint density at radius 1 is 1.09 bits per heavy atom. The molecule has 4 aromatic rings. The minimum Gasteiger partial charge on any atom is -0.507 e. The number of hydrogen-bond acceptors (Lipinski definition) is 6. The lowest BCUT2D eigenvalue weighted by Crippen LogP contribution is -2.46. The third-order valence-corrected chi connectivity index (χ3v) is 6.24. The molecule has 0 aliphatic carbocycles. The lowest BCUT2D eigenvalue weighted by Gasteiger charge is -2.21. The van der Waals surface area contributed by atoms with Gasteiger partial charge in [-0.25, -0.2) is 14.2 Å². The van der Waals surface area contributed by atoms with Gasteiger partial charge in [-0.3, -0.25) is 9.36 Å². The predicted molar refractivity (Wildman–Crippen MR) is 134 cm³/mol. The average molecular weight is 495 g/mol. The van der Waals surface area contributed by atoms with Crippen LogP contribution < -0.4 is 16.7 Å². The molecule has 10 heteroatoms. The summed E-state index contributed by atoms with van der Waals surface area (Å²) >= 11 is 5.98. The monoisotopic (exact) mass is 494 g/mol. The van der Waals surface area contributed by atoms with Crippen LogP contribution in [-0.2, 0) is 11.3 Å². The van der Waals surface area contributed by atoms with E-state index in [1.807, 2.05) is 6.07 Å². The Balaban J connectivity index is 1.83. The minimum atomic E-state index is -1.13. The van der Waals surface area contributed by atoms with E-state index in [0.29, 0.717) is 16.1 Å². The van der Waals surface area contributed by atoms with Crippen LogP contribution in [0.3, 0.4) is 0 Å². The van der Waals surface area contributed by atoms with Crippen LogP contribution in [0, 0.1) is 5.92 Å². The summed E-state index contributed by atoms with van der Waals surface area (Å²) in [5, 5.41) is 24.4. The summed E-state index contributed by atoms with van der Waals surface area (Å²) in [4.78, 5) is 42.0. The molecule has 0 aliphatic heterocycles. The van der Waals surface area contributed by atoms with E-state index < -0.39 is 29.3 Å². The molecule has 4 rings (SSSR count). The average Bonchev–Trinajstić information content (AvgIpc) is 2.82. The van der Waals surface area contributed by atoms with E-state index in [0.717, 1.165) is 15.5 Å². The molecule has 35 heavy (non-hydrogen) atoms. The van der Waals surface area contributed by atoms with Gasteiger partial charge in [0.05, 0.1) is 18.5 Å². The molecule has 180 valence electrons. The van der Waals surface area contributed by atoms with E-state index in [9.17, 15) is 24.6 Å². The Morgan fingerprint density at radius 3 is 2.49 bits per heavy atom. The van der Waals surface area contributed by atoms with Crippen molar-refractivity contribution in [1.82, 2.24) is 14.1 Å². The zero-order valence-corrected chi connectivity index (χ0v) is 19.7. The Labute approximate surface area is 204 Å². The van der Waals surface area contributed by atoms with Gasteiger partial charge in [0, 0.05) is 16.1 Å². The van der Waals surface area contributed by atoms with Gasteiger partial charge in [0.25, 0.3) is 0 Å². The van der Waals surface area contributed by atoms with Crippen LogP contribution in [0.4, 0.5) is 11.6 Å². The van der Waals surface area contributed by atoms with E-state index in [2.05, 4.69) is 10.3 Å². The normalized spacial score (nSPS) is 12.9. The Bertz CT molecular complexity index is 1530. The highest BCUT2D eigenvalue weighted by molar-refractivity contribution is 6.30. The molecule has 2 atom stereocenters. The standard InChI is InChI=1S/C25H23ClN4O5/c1-14(22(32)33)15(2)30-24(34)28-23(29(25(30)35)13-16-6-8-18(26)9-7-16)27-19-10-11-20-17(12-19)4-3-5-21(20)31/h3-12,14-15,31H,13H2,1-2H3,(H,32,33)(H,27,28,34)/t14-,15+/m1/s1. The minimum absolute atomic E-state index is 0.000816. The van der Waals surface area contributed by atoms with Gasteiger partial charge >= 0.3 is 17.3 Å². The first-order chi connectivity index (χ1) is 16.7. The quantitative estimate of drug-likeness (QED) is 0.354. The van der Waals surface area contributed by atoms with Crippen LogP contribution in [0.1, 0.15) is 25.5 Å². The van der Waals surface area contributed by atoms with Crippen molar-refractivity contribution < 1.29 is 15.0 Å². The number of benzene rings is 3. The number of nitrogens with one attached hydrogen (secondary N) is 1. The zero-order chi connectivity index (χ0) is 25.3. The summed E-state index contributed by atoms with van der Waals surface area (Å²) in [6.07, 6.45) is 0. The fourth-order valence-electron chi connectivity index (χ4n) is 3.77. The second-order valence-corrected chi connectivity index (χ2v) is 8.73. The van der Waals surface area contributed by atoms with Crippen molar-refractivity contribution in [2.75, 3.05) is 5.32 Å². The molecule has 0 amide bonds.